The molecular formula is C21H23NO5. The molecule has 0 spiro atoms. The Labute approximate surface area is 158 Å². The molecule has 1 fully saturated rings. The number of rotatable bonds is 4. The van der Waals surface area contributed by atoms with Gasteiger partial charge in [0.25, 0.3) is 0 Å². The molecule has 1 aliphatic rings. The number of para-hydroxylation sites is 1. The van der Waals surface area contributed by atoms with Crippen molar-refractivity contribution in [1.29, 1.82) is 0 Å². The van der Waals surface area contributed by atoms with Crippen LogP contribution < -0.4 is 5.06 Å². The van der Waals surface area contributed by atoms with E-state index in [1.807, 2.05) is 67.6 Å². The second-order valence-electron chi connectivity index (χ2n) is 6.55. The van der Waals surface area contributed by atoms with Crippen LogP contribution in [0.5, 0.6) is 0 Å². The van der Waals surface area contributed by atoms with Crippen molar-refractivity contribution >= 4 is 17.6 Å². The smallest absolute Gasteiger partial charge is 0.325 e. The van der Waals surface area contributed by atoms with Crippen LogP contribution in [0.4, 0.5) is 5.69 Å². The maximum atomic E-state index is 13.0. The number of hydrogen-bond acceptors (Lipinski definition) is 6. The van der Waals surface area contributed by atoms with E-state index in [4.69, 9.17) is 14.3 Å². The Hall–Kier alpha value is -2.86. The molecule has 1 aliphatic heterocycles. The minimum absolute atomic E-state index is 0.148. The maximum absolute atomic E-state index is 13.0. The molecule has 0 aliphatic carbocycles. The predicted octanol–water partition coefficient (Wildman–Crippen LogP) is 3.29. The summed E-state index contributed by atoms with van der Waals surface area (Å²) in [6.45, 7) is 1.82. The summed E-state index contributed by atoms with van der Waals surface area (Å²) in [5, 5.41) is 1.62. The van der Waals surface area contributed by atoms with E-state index in [1.165, 1.54) is 14.2 Å². The van der Waals surface area contributed by atoms with Crippen molar-refractivity contribution in [3.8, 4) is 0 Å². The molecule has 2 atom stereocenters. The summed E-state index contributed by atoms with van der Waals surface area (Å²) in [5.41, 5.74) is -0.0719. The Morgan fingerprint density at radius 2 is 1.48 bits per heavy atom. The molecule has 0 aromatic heterocycles. The monoisotopic (exact) mass is 369 g/mol. The molecule has 6 nitrogen and oxygen atoms in total. The number of benzene rings is 2. The SMILES string of the molecule is COC(=O)C1(C(=O)OC)CC(C)ON(c2ccccc2)C1c1ccccc1. The van der Waals surface area contributed by atoms with Crippen LogP contribution in [0.15, 0.2) is 60.7 Å². The summed E-state index contributed by atoms with van der Waals surface area (Å²) in [7, 11) is 2.56. The number of carbonyl (C=O) groups excluding carboxylic acids is 2. The van der Waals surface area contributed by atoms with Crippen LogP contribution in [0.1, 0.15) is 24.9 Å². The van der Waals surface area contributed by atoms with Gasteiger partial charge in [-0.05, 0) is 24.6 Å². The van der Waals surface area contributed by atoms with E-state index in [0.29, 0.717) is 0 Å². The van der Waals surface area contributed by atoms with Crippen LogP contribution in [0.3, 0.4) is 0 Å². The highest BCUT2D eigenvalue weighted by Crippen LogP contribution is 2.50. The number of hydroxylamine groups is 1. The van der Waals surface area contributed by atoms with Crippen LogP contribution >= 0.6 is 0 Å². The van der Waals surface area contributed by atoms with Crippen LogP contribution in [-0.4, -0.2) is 32.3 Å². The minimum Gasteiger partial charge on any atom is -0.468 e. The molecular weight excluding hydrogens is 346 g/mol. The van der Waals surface area contributed by atoms with E-state index in [-0.39, 0.29) is 6.42 Å². The van der Waals surface area contributed by atoms with Gasteiger partial charge < -0.3 is 9.47 Å². The Morgan fingerprint density at radius 1 is 0.963 bits per heavy atom. The number of nitrogens with zero attached hydrogens (tertiary/aromatic N) is 1. The van der Waals surface area contributed by atoms with E-state index in [0.717, 1.165) is 11.3 Å². The zero-order chi connectivity index (χ0) is 19.4. The second kappa shape index (κ2) is 7.80. The third-order valence-electron chi connectivity index (χ3n) is 4.83. The Bertz CT molecular complexity index is 777. The number of carbonyl (C=O) groups is 2. The maximum Gasteiger partial charge on any atom is 0.325 e. The zero-order valence-electron chi connectivity index (χ0n) is 15.6. The summed E-state index contributed by atoms with van der Waals surface area (Å²) in [4.78, 5) is 32.1. The molecule has 142 valence electrons. The van der Waals surface area contributed by atoms with Gasteiger partial charge in [-0.2, -0.15) is 0 Å². The van der Waals surface area contributed by atoms with Gasteiger partial charge in [-0.1, -0.05) is 48.5 Å². The van der Waals surface area contributed by atoms with E-state index in [1.54, 1.807) is 5.06 Å². The molecule has 6 heteroatoms. The molecule has 2 aromatic rings. The molecule has 3 rings (SSSR count). The largest absolute Gasteiger partial charge is 0.468 e. The quantitative estimate of drug-likeness (QED) is 0.609. The average Bonchev–Trinajstić information content (AvgIpc) is 2.72. The van der Waals surface area contributed by atoms with Gasteiger partial charge in [-0.25, -0.2) is 5.06 Å². The topological polar surface area (TPSA) is 65.1 Å². The van der Waals surface area contributed by atoms with Gasteiger partial charge in [0.2, 0.25) is 0 Å². The standard InChI is InChI=1S/C21H23NO5/c1-15-14-21(19(23)25-2,20(24)26-3)18(16-10-6-4-7-11-16)22(27-15)17-12-8-5-9-13-17/h4-13,15,18H,14H2,1-3H3. The highest BCUT2D eigenvalue weighted by Gasteiger charge is 2.61. The number of esters is 2. The molecule has 0 N–H and O–H groups in total. The average molecular weight is 369 g/mol. The molecule has 0 bridgehead atoms. The highest BCUT2D eigenvalue weighted by molar-refractivity contribution is 6.02. The van der Waals surface area contributed by atoms with Crippen LogP contribution in [0, 0.1) is 5.41 Å². The molecule has 0 amide bonds. The third kappa shape index (κ3) is 3.28. The fraction of sp³-hybridized carbons (Fsp3) is 0.333. The second-order valence-corrected chi connectivity index (χ2v) is 6.55. The van der Waals surface area contributed by atoms with Gasteiger partial charge in [0.15, 0.2) is 5.41 Å². The Morgan fingerprint density at radius 3 is 2.00 bits per heavy atom. The summed E-state index contributed by atoms with van der Waals surface area (Å²) in [6.07, 6.45) is -0.252. The van der Waals surface area contributed by atoms with Crippen LogP contribution in [-0.2, 0) is 23.9 Å². The van der Waals surface area contributed by atoms with Gasteiger partial charge >= 0.3 is 11.9 Å². The fourth-order valence-electron chi connectivity index (χ4n) is 3.73. The van der Waals surface area contributed by atoms with Crippen molar-refractivity contribution < 1.29 is 23.9 Å². The first-order valence-corrected chi connectivity index (χ1v) is 8.77. The number of hydrogen-bond donors (Lipinski definition) is 0. The van der Waals surface area contributed by atoms with Crippen molar-refractivity contribution in [1.82, 2.24) is 0 Å². The lowest BCUT2D eigenvalue weighted by molar-refractivity contribution is -0.185. The van der Waals surface area contributed by atoms with Gasteiger partial charge in [0.05, 0.1) is 26.0 Å². The molecule has 2 aromatic carbocycles. The first kappa shape index (κ1) is 18.9. The van der Waals surface area contributed by atoms with Crippen LogP contribution in [0.25, 0.3) is 0 Å². The number of anilines is 1. The van der Waals surface area contributed by atoms with Gasteiger partial charge in [-0.3, -0.25) is 14.4 Å². The summed E-state index contributed by atoms with van der Waals surface area (Å²) in [6, 6.07) is 17.9. The Balaban J connectivity index is 2.25. The molecule has 27 heavy (non-hydrogen) atoms. The molecule has 1 heterocycles. The molecule has 1 saturated heterocycles. The lowest BCUT2D eigenvalue weighted by Crippen LogP contribution is -2.58. The van der Waals surface area contributed by atoms with Crippen molar-refractivity contribution in [3.63, 3.8) is 0 Å². The number of methoxy groups -OCH3 is 2. The first-order valence-electron chi connectivity index (χ1n) is 8.77. The van der Waals surface area contributed by atoms with E-state index < -0.39 is 29.5 Å². The molecule has 0 radical (unpaired) electrons. The Kier molecular flexibility index (Phi) is 5.46. The van der Waals surface area contributed by atoms with E-state index in [9.17, 15) is 9.59 Å². The minimum atomic E-state index is -1.56. The summed E-state index contributed by atoms with van der Waals surface area (Å²) in [5.74, 6) is -1.28. The first-order chi connectivity index (χ1) is 13.0. The lowest BCUT2D eigenvalue weighted by atomic mass is 9.71. The highest BCUT2D eigenvalue weighted by atomic mass is 16.7. The number of ether oxygens (including phenoxy) is 2. The van der Waals surface area contributed by atoms with Crippen molar-refractivity contribution in [2.75, 3.05) is 19.3 Å². The van der Waals surface area contributed by atoms with E-state index >= 15 is 0 Å². The van der Waals surface area contributed by atoms with Gasteiger partial charge in [0, 0.05) is 6.42 Å². The van der Waals surface area contributed by atoms with Crippen molar-refractivity contribution in [3.05, 3.63) is 66.2 Å². The van der Waals surface area contributed by atoms with Crippen molar-refractivity contribution in [2.45, 2.75) is 25.5 Å². The normalized spacial score (nSPS) is 21.4. The fourth-order valence-corrected chi connectivity index (χ4v) is 3.73. The third-order valence-corrected chi connectivity index (χ3v) is 4.83. The summed E-state index contributed by atoms with van der Waals surface area (Å²) >= 11 is 0. The van der Waals surface area contributed by atoms with Crippen LogP contribution in [0.2, 0.25) is 0 Å². The molecule has 2 unspecified atom stereocenters. The lowest BCUT2D eigenvalue weighted by Gasteiger charge is -2.48. The van der Waals surface area contributed by atoms with E-state index in [2.05, 4.69) is 0 Å². The predicted molar refractivity (Wildman–Crippen MR) is 99.7 cm³/mol. The summed E-state index contributed by atoms with van der Waals surface area (Å²) < 4.78 is 10.2. The molecule has 0 saturated carbocycles. The van der Waals surface area contributed by atoms with Gasteiger partial charge in [0.1, 0.15) is 6.04 Å². The van der Waals surface area contributed by atoms with Gasteiger partial charge in [-0.15, -0.1) is 0 Å². The van der Waals surface area contributed by atoms with Crippen molar-refractivity contribution in [2.24, 2.45) is 5.41 Å². The zero-order valence-corrected chi connectivity index (χ0v) is 15.6.